The molecule has 0 rings (SSSR count). The van der Waals surface area contributed by atoms with Crippen LogP contribution >= 0.6 is 0 Å². The van der Waals surface area contributed by atoms with Crippen LogP contribution in [0.15, 0.2) is 0 Å². The molecule has 0 spiro atoms. The number of quaternary nitrogens is 2. The van der Waals surface area contributed by atoms with Crippen molar-refractivity contribution in [3.8, 4) is 0 Å². The molecule has 0 radical (unpaired) electrons. The lowest BCUT2D eigenvalue weighted by molar-refractivity contribution is -0.883. The number of nitrogens with zero attached hydrogens (tertiary/aromatic N) is 2. The van der Waals surface area contributed by atoms with E-state index >= 15 is 0 Å². The number of carbonyl (C=O) groups is 2. The first-order chi connectivity index (χ1) is 17.1. The van der Waals surface area contributed by atoms with Gasteiger partial charge in [-0.2, -0.15) is 0 Å². The van der Waals surface area contributed by atoms with Crippen molar-refractivity contribution < 1.29 is 62.3 Å². The first kappa shape index (κ1) is 41.8. The fourth-order valence-corrected chi connectivity index (χ4v) is 3.68. The zero-order valence-corrected chi connectivity index (χ0v) is 26.8. The van der Waals surface area contributed by atoms with Crippen LogP contribution in [-0.2, 0) is 28.5 Å². The van der Waals surface area contributed by atoms with Gasteiger partial charge >= 0.3 is 11.9 Å². The average molecular weight is 590 g/mol. The minimum Gasteiger partial charge on any atom is -1.00 e. The molecule has 0 fully saturated rings. The Morgan fingerprint density at radius 1 is 0.500 bits per heavy atom. The summed E-state index contributed by atoms with van der Waals surface area (Å²) >= 11 is 0. The highest BCUT2D eigenvalue weighted by molar-refractivity contribution is 5.70. The fraction of sp³-hybridized carbons (Fsp3) is 0.929. The van der Waals surface area contributed by atoms with Gasteiger partial charge in [0.05, 0.1) is 54.6 Å². The lowest BCUT2D eigenvalue weighted by Gasteiger charge is -2.28. The fourth-order valence-electron chi connectivity index (χ4n) is 3.68. The first-order valence-corrected chi connectivity index (χ1v) is 14.2. The summed E-state index contributed by atoms with van der Waals surface area (Å²) in [6.07, 6.45) is 11.4. The molecule has 0 unspecified atom stereocenters. The van der Waals surface area contributed by atoms with Crippen LogP contribution in [0.1, 0.15) is 78.1 Å². The van der Waals surface area contributed by atoms with Gasteiger partial charge < -0.3 is 52.7 Å². The van der Waals surface area contributed by atoms with Crippen molar-refractivity contribution in [2.45, 2.75) is 78.1 Å². The highest BCUT2D eigenvalue weighted by Crippen LogP contribution is 2.09. The van der Waals surface area contributed by atoms with Crippen molar-refractivity contribution in [1.82, 2.24) is 0 Å². The monoisotopic (exact) mass is 588 g/mol. The highest BCUT2D eigenvalue weighted by Gasteiger charge is 2.21. The molecule has 8 nitrogen and oxygen atoms in total. The molecule has 0 bridgehead atoms. The van der Waals surface area contributed by atoms with Gasteiger partial charge in [0.15, 0.2) is 13.1 Å². The van der Waals surface area contributed by atoms with E-state index in [0.29, 0.717) is 48.5 Å². The molecule has 10 heteroatoms. The van der Waals surface area contributed by atoms with E-state index in [1.165, 1.54) is 38.5 Å². The van der Waals surface area contributed by atoms with Gasteiger partial charge in [-0.25, -0.2) is 9.59 Å². The number of hydrogen-bond donors (Lipinski definition) is 0. The van der Waals surface area contributed by atoms with E-state index in [2.05, 4.69) is 0 Å². The van der Waals surface area contributed by atoms with E-state index in [1.54, 1.807) is 0 Å². The number of esters is 2. The van der Waals surface area contributed by atoms with Crippen molar-refractivity contribution in [3.05, 3.63) is 0 Å². The lowest BCUT2D eigenvalue weighted by atomic mass is 10.1. The number of rotatable bonds is 25. The number of unbranched alkanes of at least 4 members (excludes halogenated alkanes) is 7. The largest absolute Gasteiger partial charge is 1.00 e. The van der Waals surface area contributed by atoms with Gasteiger partial charge in [-0.05, 0) is 25.7 Å². The van der Waals surface area contributed by atoms with Gasteiger partial charge in [-0.3, -0.25) is 0 Å². The Balaban J connectivity index is -0.00000612. The van der Waals surface area contributed by atoms with Crippen LogP contribution in [0, 0.1) is 0 Å². The summed E-state index contributed by atoms with van der Waals surface area (Å²) in [7, 11) is 8.16. The van der Waals surface area contributed by atoms with E-state index in [9.17, 15) is 9.59 Å². The van der Waals surface area contributed by atoms with Crippen LogP contribution < -0.4 is 24.8 Å². The Bertz CT molecular complexity index is 517. The van der Waals surface area contributed by atoms with E-state index in [4.69, 9.17) is 18.9 Å². The molecule has 0 aromatic rings. The summed E-state index contributed by atoms with van der Waals surface area (Å²) < 4.78 is 23.1. The van der Waals surface area contributed by atoms with Crippen molar-refractivity contribution in [1.29, 1.82) is 0 Å². The molecule has 0 heterocycles. The quantitative estimate of drug-likeness (QED) is 0.0712. The molecular formula is C28H58Cl2N2O6. The van der Waals surface area contributed by atoms with Crippen LogP contribution in [0.5, 0.6) is 0 Å². The summed E-state index contributed by atoms with van der Waals surface area (Å²) in [5.74, 6) is -0.258. The number of halogens is 2. The molecule has 0 atom stereocenters. The predicted molar refractivity (Wildman–Crippen MR) is 145 cm³/mol. The summed E-state index contributed by atoms with van der Waals surface area (Å²) in [5.41, 5.74) is 0. The normalized spacial score (nSPS) is 11.4. The zero-order valence-electron chi connectivity index (χ0n) is 25.2. The van der Waals surface area contributed by atoms with Gasteiger partial charge in [-0.1, -0.05) is 52.4 Å². The molecule has 38 heavy (non-hydrogen) atoms. The number of likely N-dealkylation sites (N-methyl/N-ethyl adjacent to an activating group) is 2. The van der Waals surface area contributed by atoms with Gasteiger partial charge in [0.2, 0.25) is 0 Å². The van der Waals surface area contributed by atoms with Gasteiger partial charge in [0.25, 0.3) is 0 Å². The minimum absolute atomic E-state index is 0. The molecule has 0 amide bonds. The maximum atomic E-state index is 11.8. The Labute approximate surface area is 246 Å². The summed E-state index contributed by atoms with van der Waals surface area (Å²) in [6.45, 7) is 10.4. The Kier molecular flexibility index (Phi) is 29.3. The van der Waals surface area contributed by atoms with Crippen LogP contribution in [0.4, 0.5) is 0 Å². The van der Waals surface area contributed by atoms with Gasteiger partial charge in [0.1, 0.15) is 13.1 Å². The first-order valence-electron chi connectivity index (χ1n) is 14.2. The topological polar surface area (TPSA) is 71.1 Å². The lowest BCUT2D eigenvalue weighted by Crippen LogP contribution is -3.00. The third-order valence-corrected chi connectivity index (χ3v) is 6.06. The van der Waals surface area contributed by atoms with Crippen molar-refractivity contribution in [2.75, 3.05) is 94.0 Å². The van der Waals surface area contributed by atoms with E-state index in [-0.39, 0.29) is 36.8 Å². The van der Waals surface area contributed by atoms with Crippen molar-refractivity contribution >= 4 is 11.9 Å². The van der Waals surface area contributed by atoms with Crippen LogP contribution in [-0.4, -0.2) is 115 Å². The molecule has 230 valence electrons. The molecule has 0 N–H and O–H groups in total. The maximum absolute atomic E-state index is 11.8. The van der Waals surface area contributed by atoms with E-state index in [1.807, 2.05) is 42.0 Å². The number of carbonyl (C=O) groups excluding carboxylic acids is 2. The molecule has 0 aromatic carbocycles. The summed E-state index contributed by atoms with van der Waals surface area (Å²) in [6, 6.07) is 0. The predicted octanol–water partition coefficient (Wildman–Crippen LogP) is -1.79. The summed E-state index contributed by atoms with van der Waals surface area (Å²) in [5, 5.41) is 0. The average Bonchev–Trinajstić information content (AvgIpc) is 2.80. The smallest absolute Gasteiger partial charge is 0.361 e. The third kappa shape index (κ3) is 28.4. The summed E-state index contributed by atoms with van der Waals surface area (Å²) in [4.78, 5) is 23.5. The second-order valence-electron chi connectivity index (χ2n) is 11.1. The SMILES string of the molecule is CCCOC(=O)C[N+](C)(C)CCOCCCCCCCCCCOCC[N+](C)(C)CC(=O)OCCC.[Cl-].[Cl-]. The van der Waals surface area contributed by atoms with Crippen molar-refractivity contribution in [3.63, 3.8) is 0 Å². The Hall–Kier alpha value is -0.640. The van der Waals surface area contributed by atoms with E-state index < -0.39 is 0 Å². The second kappa shape index (κ2) is 26.6. The minimum atomic E-state index is -0.129. The maximum Gasteiger partial charge on any atom is 0.361 e. The Morgan fingerprint density at radius 2 is 0.816 bits per heavy atom. The van der Waals surface area contributed by atoms with Gasteiger partial charge in [0, 0.05) is 13.2 Å². The zero-order chi connectivity index (χ0) is 27.1. The number of hydrogen-bond acceptors (Lipinski definition) is 6. The molecular weight excluding hydrogens is 531 g/mol. The third-order valence-electron chi connectivity index (χ3n) is 6.06. The van der Waals surface area contributed by atoms with E-state index in [0.717, 1.165) is 52.0 Å². The van der Waals surface area contributed by atoms with Crippen molar-refractivity contribution in [2.24, 2.45) is 0 Å². The number of ether oxygens (including phenoxy) is 4. The molecule has 0 aliphatic rings. The highest BCUT2D eigenvalue weighted by atomic mass is 35.5. The molecule has 0 aromatic heterocycles. The Morgan fingerprint density at radius 3 is 1.13 bits per heavy atom. The van der Waals surface area contributed by atoms with Crippen LogP contribution in [0.2, 0.25) is 0 Å². The molecule has 0 saturated carbocycles. The standard InChI is InChI=1S/C28H58N2O6.2ClH/c1-7-19-35-27(31)25-29(3,4)17-23-33-21-15-13-11-9-10-12-14-16-22-34-24-18-30(5,6)26-28(32)36-20-8-2;;/h7-26H2,1-6H3;2*1H/q+2;;/p-2. The van der Waals surface area contributed by atoms with Crippen LogP contribution in [0.3, 0.4) is 0 Å². The molecule has 0 aliphatic heterocycles. The van der Waals surface area contributed by atoms with Gasteiger partial charge in [-0.15, -0.1) is 0 Å². The molecule has 0 aliphatic carbocycles. The molecule has 0 saturated heterocycles. The second-order valence-corrected chi connectivity index (χ2v) is 11.1. The van der Waals surface area contributed by atoms with Crippen LogP contribution in [0.25, 0.3) is 0 Å².